The van der Waals surface area contributed by atoms with Crippen molar-refractivity contribution in [3.05, 3.63) is 29.0 Å². The number of amides is 1. The Balaban J connectivity index is 1.69. The van der Waals surface area contributed by atoms with Crippen LogP contribution in [0.4, 0.5) is 0 Å². The number of benzene rings is 1. The highest BCUT2D eigenvalue weighted by atomic mass is 16.5. The second-order valence-corrected chi connectivity index (χ2v) is 6.44. The van der Waals surface area contributed by atoms with E-state index in [0.29, 0.717) is 31.6 Å². The maximum Gasteiger partial charge on any atom is 0.308 e. The maximum absolute atomic E-state index is 12.6. The predicted octanol–water partition coefficient (Wildman–Crippen LogP) is 2.40. The predicted molar refractivity (Wildman–Crippen MR) is 88.5 cm³/mol. The fourth-order valence-corrected chi connectivity index (χ4v) is 3.43. The van der Waals surface area contributed by atoms with Crippen LogP contribution in [0.25, 0.3) is 11.0 Å². The van der Waals surface area contributed by atoms with E-state index in [-0.39, 0.29) is 24.2 Å². The van der Waals surface area contributed by atoms with E-state index in [1.54, 1.807) is 4.90 Å². The number of hydrogen-bond donors (Lipinski definition) is 0. The van der Waals surface area contributed by atoms with Gasteiger partial charge in [-0.25, -0.2) is 0 Å². The Morgan fingerprint density at radius 2 is 2.00 bits per heavy atom. The molecule has 1 saturated heterocycles. The van der Waals surface area contributed by atoms with Gasteiger partial charge in [0.15, 0.2) is 5.58 Å². The zero-order valence-electron chi connectivity index (χ0n) is 14.3. The Hall–Kier alpha value is -2.37. The lowest BCUT2D eigenvalue weighted by Crippen LogP contribution is -2.41. The summed E-state index contributed by atoms with van der Waals surface area (Å²) in [5.74, 6) is -0.263. The summed E-state index contributed by atoms with van der Waals surface area (Å²) >= 11 is 0. The highest BCUT2D eigenvalue weighted by Gasteiger charge is 2.28. The Kier molecular flexibility index (Phi) is 4.55. The summed E-state index contributed by atoms with van der Waals surface area (Å²) in [6, 6.07) is 4.00. The van der Waals surface area contributed by atoms with E-state index in [2.05, 4.69) is 11.2 Å². The van der Waals surface area contributed by atoms with Gasteiger partial charge in [0.2, 0.25) is 5.91 Å². The number of piperidine rings is 1. The number of carbonyl (C=O) groups is 2. The van der Waals surface area contributed by atoms with E-state index in [1.165, 1.54) is 7.11 Å². The van der Waals surface area contributed by atoms with E-state index < -0.39 is 0 Å². The summed E-state index contributed by atoms with van der Waals surface area (Å²) in [6.45, 7) is 5.16. The molecule has 0 spiro atoms. The zero-order valence-corrected chi connectivity index (χ0v) is 14.3. The van der Waals surface area contributed by atoms with Crippen molar-refractivity contribution in [3.63, 3.8) is 0 Å². The van der Waals surface area contributed by atoms with Crippen molar-refractivity contribution in [2.75, 3.05) is 20.2 Å². The molecule has 128 valence electrons. The first-order valence-corrected chi connectivity index (χ1v) is 8.20. The molecule has 0 saturated carbocycles. The molecule has 0 N–H and O–H groups in total. The van der Waals surface area contributed by atoms with Crippen LogP contribution in [0.5, 0.6) is 0 Å². The van der Waals surface area contributed by atoms with Crippen LogP contribution in [0, 0.1) is 19.8 Å². The molecule has 1 fully saturated rings. The largest absolute Gasteiger partial charge is 0.469 e. The first-order chi connectivity index (χ1) is 11.5. The molecular weight excluding hydrogens is 308 g/mol. The molecule has 0 unspecified atom stereocenters. The molecule has 1 amide bonds. The number of aryl methyl sites for hydroxylation is 2. The van der Waals surface area contributed by atoms with Crippen LogP contribution in [0.15, 0.2) is 16.7 Å². The van der Waals surface area contributed by atoms with Gasteiger partial charge in [0.1, 0.15) is 5.69 Å². The molecular formula is C18H22N2O4. The number of aromatic nitrogens is 1. The zero-order chi connectivity index (χ0) is 17.3. The number of rotatable bonds is 3. The topological polar surface area (TPSA) is 72.6 Å². The van der Waals surface area contributed by atoms with Gasteiger partial charge in [0.05, 0.1) is 19.4 Å². The fourth-order valence-electron chi connectivity index (χ4n) is 3.43. The van der Waals surface area contributed by atoms with E-state index in [0.717, 1.165) is 22.1 Å². The lowest BCUT2D eigenvalue weighted by Gasteiger charge is -2.30. The number of esters is 1. The van der Waals surface area contributed by atoms with Gasteiger partial charge in [-0.1, -0.05) is 11.2 Å². The molecule has 6 nitrogen and oxygen atoms in total. The molecule has 1 aliphatic rings. The number of nitrogens with zero attached hydrogens (tertiary/aromatic N) is 2. The van der Waals surface area contributed by atoms with Crippen LogP contribution in [0.1, 0.15) is 29.7 Å². The smallest absolute Gasteiger partial charge is 0.308 e. The first kappa shape index (κ1) is 16.5. The minimum Gasteiger partial charge on any atom is -0.469 e. The standard InChI is InChI=1S/C18H22N2O4/c1-11-8-12(2)17-14(19-24-15(17)9-11)10-16(21)20-6-4-13(5-7-20)18(22)23-3/h8-9,13H,4-7,10H2,1-3H3. The minimum absolute atomic E-state index is 0.0218. The van der Waals surface area contributed by atoms with Gasteiger partial charge >= 0.3 is 5.97 Å². The molecule has 3 rings (SSSR count). The monoisotopic (exact) mass is 330 g/mol. The normalized spacial score (nSPS) is 15.7. The van der Waals surface area contributed by atoms with Crippen LogP contribution in [-0.4, -0.2) is 42.1 Å². The lowest BCUT2D eigenvalue weighted by atomic mass is 9.96. The van der Waals surface area contributed by atoms with Gasteiger partial charge in [-0.05, 0) is 43.9 Å². The SMILES string of the molecule is COC(=O)C1CCN(C(=O)Cc2noc3cc(C)cc(C)c23)CC1. The average Bonchev–Trinajstić information content (AvgIpc) is 2.97. The molecule has 6 heteroatoms. The Morgan fingerprint density at radius 3 is 2.67 bits per heavy atom. The van der Waals surface area contributed by atoms with Crippen LogP contribution < -0.4 is 0 Å². The summed E-state index contributed by atoms with van der Waals surface area (Å²) in [5.41, 5.74) is 3.58. The maximum atomic E-state index is 12.6. The van der Waals surface area contributed by atoms with Crippen molar-refractivity contribution < 1.29 is 18.8 Å². The van der Waals surface area contributed by atoms with E-state index in [4.69, 9.17) is 9.26 Å². The third kappa shape index (κ3) is 3.13. The van der Waals surface area contributed by atoms with E-state index in [9.17, 15) is 9.59 Å². The molecule has 0 radical (unpaired) electrons. The van der Waals surface area contributed by atoms with Crippen molar-refractivity contribution in [3.8, 4) is 0 Å². The van der Waals surface area contributed by atoms with Crippen molar-refractivity contribution in [1.29, 1.82) is 0 Å². The second-order valence-electron chi connectivity index (χ2n) is 6.44. The summed E-state index contributed by atoms with van der Waals surface area (Å²) in [7, 11) is 1.40. The molecule has 2 heterocycles. The van der Waals surface area contributed by atoms with Crippen molar-refractivity contribution in [2.24, 2.45) is 5.92 Å². The molecule has 1 aliphatic heterocycles. The summed E-state index contributed by atoms with van der Waals surface area (Å²) < 4.78 is 10.2. The third-order valence-electron chi connectivity index (χ3n) is 4.69. The van der Waals surface area contributed by atoms with Crippen LogP contribution in [0.3, 0.4) is 0 Å². The third-order valence-corrected chi connectivity index (χ3v) is 4.69. The van der Waals surface area contributed by atoms with Crippen LogP contribution >= 0.6 is 0 Å². The van der Waals surface area contributed by atoms with Crippen LogP contribution in [0.2, 0.25) is 0 Å². The van der Waals surface area contributed by atoms with Gasteiger partial charge in [0.25, 0.3) is 0 Å². The molecule has 0 atom stereocenters. The number of hydrogen-bond acceptors (Lipinski definition) is 5. The number of likely N-dealkylation sites (tertiary alicyclic amines) is 1. The van der Waals surface area contributed by atoms with Crippen molar-refractivity contribution >= 4 is 22.8 Å². The average molecular weight is 330 g/mol. The van der Waals surface area contributed by atoms with Crippen LogP contribution in [-0.2, 0) is 20.7 Å². The summed E-state index contributed by atoms with van der Waals surface area (Å²) in [4.78, 5) is 25.9. The van der Waals surface area contributed by atoms with Crippen molar-refractivity contribution in [1.82, 2.24) is 10.1 Å². The van der Waals surface area contributed by atoms with Gasteiger partial charge in [-0.3, -0.25) is 9.59 Å². The first-order valence-electron chi connectivity index (χ1n) is 8.20. The fraction of sp³-hybridized carbons (Fsp3) is 0.500. The number of ether oxygens (including phenoxy) is 1. The van der Waals surface area contributed by atoms with E-state index >= 15 is 0 Å². The molecule has 0 bridgehead atoms. The van der Waals surface area contributed by atoms with Gasteiger partial charge in [-0.2, -0.15) is 0 Å². The Labute approximate surface area is 140 Å². The highest BCUT2D eigenvalue weighted by Crippen LogP contribution is 2.25. The minimum atomic E-state index is -0.185. The number of fused-ring (bicyclic) bond motifs is 1. The van der Waals surface area contributed by atoms with E-state index in [1.807, 2.05) is 19.9 Å². The highest BCUT2D eigenvalue weighted by molar-refractivity contribution is 5.89. The molecule has 1 aromatic carbocycles. The van der Waals surface area contributed by atoms with Gasteiger partial charge < -0.3 is 14.2 Å². The van der Waals surface area contributed by atoms with Crippen molar-refractivity contribution in [2.45, 2.75) is 33.1 Å². The lowest BCUT2D eigenvalue weighted by molar-refractivity contribution is -0.148. The molecule has 0 aliphatic carbocycles. The van der Waals surface area contributed by atoms with Gasteiger partial charge in [-0.15, -0.1) is 0 Å². The number of carbonyl (C=O) groups excluding carboxylic acids is 2. The quantitative estimate of drug-likeness (QED) is 0.808. The van der Waals surface area contributed by atoms with Gasteiger partial charge in [0, 0.05) is 18.5 Å². The second kappa shape index (κ2) is 6.63. The molecule has 2 aromatic rings. The summed E-state index contributed by atoms with van der Waals surface area (Å²) in [6.07, 6.45) is 1.52. The number of methoxy groups -OCH3 is 1. The Bertz CT molecular complexity index is 773. The Morgan fingerprint density at radius 1 is 1.29 bits per heavy atom. The summed E-state index contributed by atoms with van der Waals surface area (Å²) in [5, 5.41) is 5.02. The molecule has 24 heavy (non-hydrogen) atoms. The molecule has 1 aromatic heterocycles.